The molecule has 0 unspecified atom stereocenters. The van der Waals surface area contributed by atoms with Crippen LogP contribution in [0.3, 0.4) is 0 Å². The minimum absolute atomic E-state index is 0.476. The van der Waals surface area contributed by atoms with Crippen LogP contribution < -0.4 is 0 Å². The summed E-state index contributed by atoms with van der Waals surface area (Å²) in [4.78, 5) is 4.41. The molecule has 0 aliphatic rings. The van der Waals surface area contributed by atoms with Crippen molar-refractivity contribution in [2.24, 2.45) is 5.92 Å². The quantitative estimate of drug-likeness (QED) is 0.592. The average molecular weight is 395 g/mol. The van der Waals surface area contributed by atoms with Crippen molar-refractivity contribution in [1.29, 1.82) is 0 Å². The minimum atomic E-state index is 0.476. The number of thioether (sulfide) groups is 1. The summed E-state index contributed by atoms with van der Waals surface area (Å²) in [7, 11) is 0. The molecule has 0 radical (unpaired) electrons. The molecule has 7 nitrogen and oxygen atoms in total. The van der Waals surface area contributed by atoms with Crippen molar-refractivity contribution in [2.75, 3.05) is 0 Å². The van der Waals surface area contributed by atoms with Crippen molar-refractivity contribution in [1.82, 2.24) is 30.3 Å². The number of aromatic nitrogens is 6. The van der Waals surface area contributed by atoms with Crippen LogP contribution in [0.1, 0.15) is 19.7 Å². The molecule has 0 saturated carbocycles. The summed E-state index contributed by atoms with van der Waals surface area (Å²) in [5.41, 5.74) is 0.906. The third kappa shape index (κ3) is 4.17. The first-order valence-corrected chi connectivity index (χ1v) is 8.87. The topological polar surface area (TPSA) is 82.5 Å². The molecule has 120 valence electrons. The molecular formula is C14H15BrN6OS. The van der Waals surface area contributed by atoms with Crippen LogP contribution in [0.5, 0.6) is 0 Å². The van der Waals surface area contributed by atoms with Crippen LogP contribution in [0.2, 0.25) is 0 Å². The van der Waals surface area contributed by atoms with Crippen LogP contribution in [-0.4, -0.2) is 30.3 Å². The maximum absolute atomic E-state index is 5.30. The van der Waals surface area contributed by atoms with Gasteiger partial charge in [-0.25, -0.2) is 4.68 Å². The molecule has 0 aliphatic heterocycles. The highest BCUT2D eigenvalue weighted by Crippen LogP contribution is 2.23. The zero-order valence-electron chi connectivity index (χ0n) is 12.7. The first-order chi connectivity index (χ1) is 11.1. The molecule has 0 bridgehead atoms. The second-order valence-electron chi connectivity index (χ2n) is 5.35. The second kappa shape index (κ2) is 7.22. The number of hydrogen-bond donors (Lipinski definition) is 0. The van der Waals surface area contributed by atoms with Crippen LogP contribution in [-0.2, 0) is 12.3 Å². The van der Waals surface area contributed by atoms with Crippen LogP contribution >= 0.6 is 27.7 Å². The molecule has 0 aliphatic carbocycles. The van der Waals surface area contributed by atoms with Gasteiger partial charge in [0.1, 0.15) is 0 Å². The molecule has 1 aromatic carbocycles. The predicted molar refractivity (Wildman–Crippen MR) is 89.7 cm³/mol. The highest BCUT2D eigenvalue weighted by atomic mass is 79.9. The summed E-state index contributed by atoms with van der Waals surface area (Å²) in [6.07, 6.45) is 0. The highest BCUT2D eigenvalue weighted by molar-refractivity contribution is 9.10. The van der Waals surface area contributed by atoms with Gasteiger partial charge in [-0.05, 0) is 28.5 Å². The molecule has 0 atom stereocenters. The highest BCUT2D eigenvalue weighted by Gasteiger charge is 2.13. The van der Waals surface area contributed by atoms with Crippen molar-refractivity contribution in [3.63, 3.8) is 0 Å². The lowest BCUT2D eigenvalue weighted by molar-refractivity contribution is 0.391. The third-order valence-corrected chi connectivity index (χ3v) is 4.35. The molecule has 2 aromatic heterocycles. The Hall–Kier alpha value is -1.74. The van der Waals surface area contributed by atoms with Crippen LogP contribution in [0.15, 0.2) is 38.4 Å². The number of rotatable bonds is 6. The Labute approximate surface area is 146 Å². The largest absolute Gasteiger partial charge is 0.338 e. The van der Waals surface area contributed by atoms with E-state index in [1.807, 2.05) is 24.3 Å². The lowest BCUT2D eigenvalue weighted by atomic mass is 10.2. The van der Waals surface area contributed by atoms with Gasteiger partial charge in [-0.15, -0.1) is 5.10 Å². The van der Waals surface area contributed by atoms with Gasteiger partial charge in [-0.2, -0.15) is 4.98 Å². The van der Waals surface area contributed by atoms with Gasteiger partial charge >= 0.3 is 0 Å². The predicted octanol–water partition coefficient (Wildman–Crippen LogP) is 3.43. The molecule has 0 N–H and O–H groups in total. The van der Waals surface area contributed by atoms with Crippen molar-refractivity contribution in [2.45, 2.75) is 31.3 Å². The summed E-state index contributed by atoms with van der Waals surface area (Å²) in [5.74, 6) is 2.12. The Morgan fingerprint density at radius 1 is 1.35 bits per heavy atom. The smallest absolute Gasteiger partial charge is 0.237 e. The zero-order valence-corrected chi connectivity index (χ0v) is 15.1. The van der Waals surface area contributed by atoms with E-state index in [4.69, 9.17) is 4.52 Å². The summed E-state index contributed by atoms with van der Waals surface area (Å²) >= 11 is 4.92. The van der Waals surface area contributed by atoms with Crippen molar-refractivity contribution in [3.8, 4) is 11.4 Å². The molecular weight excluding hydrogens is 380 g/mol. The summed E-state index contributed by atoms with van der Waals surface area (Å²) in [6, 6.07) is 7.78. The van der Waals surface area contributed by atoms with E-state index in [0.717, 1.165) is 21.7 Å². The number of halogens is 1. The molecule has 3 aromatic rings. The van der Waals surface area contributed by atoms with Crippen LogP contribution in [0.4, 0.5) is 0 Å². The number of tetrazole rings is 1. The molecule has 9 heteroatoms. The average Bonchev–Trinajstić information content (AvgIpc) is 3.14. The van der Waals surface area contributed by atoms with E-state index in [0.29, 0.717) is 23.4 Å². The van der Waals surface area contributed by atoms with Gasteiger partial charge in [0.15, 0.2) is 0 Å². The van der Waals surface area contributed by atoms with Crippen LogP contribution in [0, 0.1) is 5.92 Å². The number of nitrogens with zero attached hydrogens (tertiary/aromatic N) is 6. The summed E-state index contributed by atoms with van der Waals surface area (Å²) in [6.45, 7) is 5.03. The van der Waals surface area contributed by atoms with Gasteiger partial charge in [0.25, 0.3) is 0 Å². The third-order valence-electron chi connectivity index (χ3n) is 2.91. The molecule has 23 heavy (non-hydrogen) atoms. The van der Waals surface area contributed by atoms with E-state index in [2.05, 4.69) is 55.4 Å². The molecule has 0 amide bonds. The van der Waals surface area contributed by atoms with E-state index >= 15 is 0 Å². The van der Waals surface area contributed by atoms with Gasteiger partial charge in [-0.3, -0.25) is 0 Å². The summed E-state index contributed by atoms with van der Waals surface area (Å²) < 4.78 is 8.07. The minimum Gasteiger partial charge on any atom is -0.338 e. The fourth-order valence-electron chi connectivity index (χ4n) is 1.94. The second-order valence-corrected chi connectivity index (χ2v) is 7.21. The first kappa shape index (κ1) is 16.1. The fourth-order valence-corrected chi connectivity index (χ4v) is 3.07. The van der Waals surface area contributed by atoms with E-state index in [1.54, 1.807) is 4.68 Å². The van der Waals surface area contributed by atoms with Gasteiger partial charge in [0.2, 0.25) is 16.9 Å². The number of hydrogen-bond acceptors (Lipinski definition) is 7. The van der Waals surface area contributed by atoms with Gasteiger partial charge in [0.05, 0.1) is 5.75 Å². The summed E-state index contributed by atoms with van der Waals surface area (Å²) in [5, 5.41) is 16.5. The van der Waals surface area contributed by atoms with Gasteiger partial charge < -0.3 is 4.52 Å². The maximum atomic E-state index is 5.30. The molecule has 0 fully saturated rings. The Balaban J connectivity index is 1.67. The Bertz CT molecular complexity index is 787. The molecule has 2 heterocycles. The van der Waals surface area contributed by atoms with Crippen LogP contribution in [0.25, 0.3) is 11.4 Å². The maximum Gasteiger partial charge on any atom is 0.237 e. The molecule has 0 spiro atoms. The normalized spacial score (nSPS) is 11.3. The monoisotopic (exact) mass is 394 g/mol. The van der Waals surface area contributed by atoms with Crippen molar-refractivity contribution >= 4 is 27.7 Å². The van der Waals surface area contributed by atoms with E-state index < -0.39 is 0 Å². The van der Waals surface area contributed by atoms with E-state index in [1.165, 1.54) is 11.8 Å². The van der Waals surface area contributed by atoms with Gasteiger partial charge in [-0.1, -0.05) is 58.8 Å². The fraction of sp³-hybridized carbons (Fsp3) is 0.357. The number of benzene rings is 1. The Morgan fingerprint density at radius 2 is 2.22 bits per heavy atom. The molecule has 0 saturated heterocycles. The first-order valence-electron chi connectivity index (χ1n) is 7.09. The standard InChI is InChI=1S/C14H15BrN6OS/c1-9(2)7-21-14(17-19-20-21)23-8-12-16-13(18-22-12)10-4-3-5-11(15)6-10/h3-6,9H,7-8H2,1-2H3. The van der Waals surface area contributed by atoms with Crippen molar-refractivity contribution in [3.05, 3.63) is 34.6 Å². The lowest BCUT2D eigenvalue weighted by Gasteiger charge is -2.05. The lowest BCUT2D eigenvalue weighted by Crippen LogP contribution is -2.07. The molecule has 3 rings (SSSR count). The van der Waals surface area contributed by atoms with E-state index in [9.17, 15) is 0 Å². The van der Waals surface area contributed by atoms with Crippen molar-refractivity contribution < 1.29 is 4.52 Å². The van der Waals surface area contributed by atoms with Gasteiger partial charge in [0, 0.05) is 16.6 Å². The Morgan fingerprint density at radius 3 is 3.00 bits per heavy atom. The zero-order chi connectivity index (χ0) is 16.2. The SMILES string of the molecule is CC(C)Cn1nnnc1SCc1nc(-c2cccc(Br)c2)no1. The van der Waals surface area contributed by atoms with E-state index in [-0.39, 0.29) is 0 Å². The Kier molecular flexibility index (Phi) is 5.06.